The molecule has 17 heavy (non-hydrogen) atoms. The van der Waals surface area contributed by atoms with E-state index in [9.17, 15) is 13.3 Å². The van der Waals surface area contributed by atoms with Gasteiger partial charge >= 0.3 is 51.4 Å². The van der Waals surface area contributed by atoms with E-state index >= 15 is 0 Å². The van der Waals surface area contributed by atoms with E-state index < -0.39 is 16.7 Å². The van der Waals surface area contributed by atoms with Gasteiger partial charge in [-0.3, -0.25) is 0 Å². The molecule has 0 saturated heterocycles. The molecule has 1 unspecified atom stereocenters. The third-order valence-electron chi connectivity index (χ3n) is 1.96. The molecule has 1 atom stereocenters. The van der Waals surface area contributed by atoms with E-state index in [-0.39, 0.29) is 56.3 Å². The molecule has 5 nitrogen and oxygen atoms in total. The Morgan fingerprint density at radius 2 is 1.82 bits per heavy atom. The normalized spacial score (nSPS) is 15.1. The Hall–Kier alpha value is 1.34. The van der Waals surface area contributed by atoms with Crippen LogP contribution in [0.2, 0.25) is 0 Å². The first-order chi connectivity index (χ1) is 7.32. The Kier molecular flexibility index (Phi) is 7.77. The van der Waals surface area contributed by atoms with Crippen LogP contribution in [0.1, 0.15) is 0 Å². The van der Waals surface area contributed by atoms with E-state index in [0.29, 0.717) is 4.08 Å². The first-order valence-corrected chi connectivity index (χ1v) is 8.26. The Morgan fingerprint density at radius 3 is 2.24 bits per heavy atom. The summed E-state index contributed by atoms with van der Waals surface area (Å²) in [6, 6.07) is 7.62. The van der Waals surface area contributed by atoms with Gasteiger partial charge in [0.1, 0.15) is 0 Å². The van der Waals surface area contributed by atoms with Gasteiger partial charge in [0.05, 0.1) is 11.5 Å². The molecule has 0 aliphatic carbocycles. The molecule has 1 aromatic rings. The maximum absolute atomic E-state index is 11.9. The van der Waals surface area contributed by atoms with Crippen LogP contribution in [0.5, 0.6) is 0 Å². The Morgan fingerprint density at radius 1 is 1.35 bits per heavy atom. The third-order valence-corrected chi connectivity index (χ3v) is 7.46. The molecule has 9 heteroatoms. The molecule has 1 aromatic carbocycles. The van der Waals surface area contributed by atoms with Crippen molar-refractivity contribution in [3.8, 4) is 0 Å². The zero-order chi connectivity index (χ0) is 12.4. The number of rotatable bonds is 4. The van der Waals surface area contributed by atoms with Crippen LogP contribution in [0.4, 0.5) is 0 Å². The van der Waals surface area contributed by atoms with Gasteiger partial charge in [0, 0.05) is 14.2 Å². The van der Waals surface area contributed by atoms with Gasteiger partial charge in [0.25, 0.3) is 0 Å². The van der Waals surface area contributed by atoms with Gasteiger partial charge in [0.15, 0.2) is 0 Å². The molecule has 0 aromatic heterocycles. The molecule has 90 valence electrons. The fourth-order valence-corrected chi connectivity index (χ4v) is 4.35. The average molecular weight is 319 g/mol. The van der Waals surface area contributed by atoms with E-state index in [1.165, 1.54) is 12.1 Å². The van der Waals surface area contributed by atoms with E-state index in [1.54, 1.807) is 18.2 Å². The summed E-state index contributed by atoms with van der Waals surface area (Å²) in [6.07, 6.45) is 0. The SMILES string of the molecule is COP([O-])(=S)N(C)S(=O)(=O)c1ccccc1.[K+]. The second-order valence-electron chi connectivity index (χ2n) is 2.90. The largest absolute Gasteiger partial charge is 1.00 e. The molecule has 0 fully saturated rings. The molecule has 0 heterocycles. The summed E-state index contributed by atoms with van der Waals surface area (Å²) in [6.45, 7) is -3.72. The van der Waals surface area contributed by atoms with Crippen molar-refractivity contribution in [1.82, 2.24) is 4.08 Å². The fraction of sp³-hybridized carbons (Fsp3) is 0.250. The average Bonchev–Trinajstić information content (AvgIpc) is 2.29. The van der Waals surface area contributed by atoms with Crippen LogP contribution in [0.25, 0.3) is 0 Å². The molecule has 0 aliphatic heterocycles. The molecule has 0 bridgehead atoms. The Balaban J connectivity index is 0.00000256. The van der Waals surface area contributed by atoms with E-state index in [1.807, 2.05) is 0 Å². The smallest absolute Gasteiger partial charge is 0.789 e. The van der Waals surface area contributed by atoms with Crippen LogP contribution in [0, 0.1) is 0 Å². The molecular formula is C8H11KNO4PS2. The van der Waals surface area contributed by atoms with Crippen molar-refractivity contribution in [2.24, 2.45) is 0 Å². The molecule has 0 aliphatic rings. The molecular weight excluding hydrogens is 308 g/mol. The summed E-state index contributed by atoms with van der Waals surface area (Å²) in [5, 5.41) is 0. The molecule has 0 N–H and O–H groups in total. The Bertz CT molecular complexity index is 508. The fourth-order valence-electron chi connectivity index (χ4n) is 0.992. The van der Waals surface area contributed by atoms with Crippen molar-refractivity contribution in [3.05, 3.63) is 30.3 Å². The van der Waals surface area contributed by atoms with E-state index in [2.05, 4.69) is 16.3 Å². The number of hydrogen-bond donors (Lipinski definition) is 0. The zero-order valence-corrected chi connectivity index (χ0v) is 15.4. The van der Waals surface area contributed by atoms with Crippen LogP contribution >= 0.6 is 6.64 Å². The van der Waals surface area contributed by atoms with Gasteiger partial charge < -0.3 is 9.42 Å². The maximum Gasteiger partial charge on any atom is 1.00 e. The predicted octanol–water partition coefficient (Wildman–Crippen LogP) is -2.46. The van der Waals surface area contributed by atoms with Gasteiger partial charge in [0.2, 0.25) is 10.0 Å². The molecule has 0 radical (unpaired) electrons. The van der Waals surface area contributed by atoms with Gasteiger partial charge in [-0.2, -0.15) is 4.08 Å². The van der Waals surface area contributed by atoms with Crippen molar-refractivity contribution >= 4 is 28.5 Å². The van der Waals surface area contributed by atoms with Gasteiger partial charge in [-0.25, -0.2) is 8.42 Å². The van der Waals surface area contributed by atoms with Crippen LogP contribution in [0.3, 0.4) is 0 Å². The second kappa shape index (κ2) is 7.21. The van der Waals surface area contributed by atoms with Crippen molar-refractivity contribution < 1.29 is 69.2 Å². The quantitative estimate of drug-likeness (QED) is 0.455. The molecule has 0 saturated carbocycles. The standard InChI is InChI=1S/C8H12NO4PS2.K/c1-9(14(10,15)13-2)16(11,12)8-6-4-3-5-7-8;/h3-7H,1-2H3,(H,10,15);/q;+1/p-1. The first-order valence-electron chi connectivity index (χ1n) is 4.23. The summed E-state index contributed by atoms with van der Waals surface area (Å²) >= 11 is 4.60. The van der Waals surface area contributed by atoms with Crippen LogP contribution in [0.15, 0.2) is 35.2 Å². The minimum atomic E-state index is -3.87. The summed E-state index contributed by atoms with van der Waals surface area (Å²) in [4.78, 5) is 11.7. The number of nitrogens with zero attached hydrogens (tertiary/aromatic N) is 1. The summed E-state index contributed by atoms with van der Waals surface area (Å²) in [5.41, 5.74) is 0. The molecule has 0 spiro atoms. The van der Waals surface area contributed by atoms with Gasteiger partial charge in [-0.05, 0) is 12.1 Å². The van der Waals surface area contributed by atoms with Crippen molar-refractivity contribution in [2.45, 2.75) is 4.90 Å². The van der Waals surface area contributed by atoms with Crippen molar-refractivity contribution in [1.29, 1.82) is 0 Å². The summed E-state index contributed by atoms with van der Waals surface area (Å²) in [5.74, 6) is 0. The minimum Gasteiger partial charge on any atom is -0.789 e. The first kappa shape index (κ1) is 18.3. The summed E-state index contributed by atoms with van der Waals surface area (Å²) < 4.78 is 29.0. The predicted molar refractivity (Wildman–Crippen MR) is 62.7 cm³/mol. The Labute approximate surface area is 149 Å². The van der Waals surface area contributed by atoms with Crippen LogP contribution in [-0.2, 0) is 26.4 Å². The number of hydrogen-bond acceptors (Lipinski definition) is 5. The van der Waals surface area contributed by atoms with Crippen LogP contribution in [-0.4, -0.2) is 26.7 Å². The molecule has 1 rings (SSSR count). The monoisotopic (exact) mass is 319 g/mol. The van der Waals surface area contributed by atoms with Crippen molar-refractivity contribution in [3.63, 3.8) is 0 Å². The second-order valence-corrected chi connectivity index (χ2v) is 8.43. The van der Waals surface area contributed by atoms with Crippen molar-refractivity contribution in [2.75, 3.05) is 14.2 Å². The maximum atomic E-state index is 11.9. The van der Waals surface area contributed by atoms with Gasteiger partial charge in [-0.1, -0.05) is 30.0 Å². The minimum absolute atomic E-state index is 0. The topological polar surface area (TPSA) is 69.7 Å². The van der Waals surface area contributed by atoms with Crippen LogP contribution < -0.4 is 56.3 Å². The zero-order valence-electron chi connectivity index (χ0n) is 9.73. The van der Waals surface area contributed by atoms with Gasteiger partial charge in [-0.15, -0.1) is 0 Å². The van der Waals surface area contributed by atoms with E-state index in [4.69, 9.17) is 0 Å². The summed E-state index contributed by atoms with van der Waals surface area (Å²) in [7, 11) is -1.61. The number of sulfonamides is 1. The third kappa shape index (κ3) is 4.43. The molecule has 0 amide bonds. The van der Waals surface area contributed by atoms with E-state index in [0.717, 1.165) is 14.2 Å². The number of benzene rings is 1.